The molecule has 5 nitrogen and oxygen atoms in total. The van der Waals surface area contributed by atoms with Gasteiger partial charge in [-0.25, -0.2) is 9.97 Å². The standard InChI is InChI=1S/C12H8ClN3O2S2/c1-18-7-3-8-11(14-4-7)20-12(15-8)16-10(17)9-2-6(13)5-19-9/h2-5H,1H3,(H,15,16,17). The lowest BCUT2D eigenvalue weighted by Crippen LogP contribution is -2.09. The Hall–Kier alpha value is -1.70. The summed E-state index contributed by atoms with van der Waals surface area (Å²) in [6.45, 7) is 0. The van der Waals surface area contributed by atoms with Gasteiger partial charge in [-0.05, 0) is 6.07 Å². The van der Waals surface area contributed by atoms with E-state index in [9.17, 15) is 4.79 Å². The van der Waals surface area contributed by atoms with Crippen LogP contribution in [0.3, 0.4) is 0 Å². The van der Waals surface area contributed by atoms with Crippen molar-refractivity contribution in [3.63, 3.8) is 0 Å². The Morgan fingerprint density at radius 2 is 2.30 bits per heavy atom. The Kier molecular flexibility index (Phi) is 3.56. The van der Waals surface area contributed by atoms with Crippen LogP contribution < -0.4 is 10.1 Å². The number of rotatable bonds is 3. The van der Waals surface area contributed by atoms with Gasteiger partial charge in [0.15, 0.2) is 5.13 Å². The maximum atomic E-state index is 12.0. The molecule has 102 valence electrons. The first kappa shape index (κ1) is 13.3. The van der Waals surface area contributed by atoms with E-state index in [4.69, 9.17) is 16.3 Å². The van der Waals surface area contributed by atoms with Crippen LogP contribution in [0.4, 0.5) is 5.13 Å². The van der Waals surface area contributed by atoms with Gasteiger partial charge in [0.2, 0.25) is 0 Å². The molecule has 0 spiro atoms. The molecule has 0 aromatic carbocycles. The molecule has 0 unspecified atom stereocenters. The van der Waals surface area contributed by atoms with Crippen molar-refractivity contribution in [2.75, 3.05) is 12.4 Å². The van der Waals surface area contributed by atoms with Crippen molar-refractivity contribution < 1.29 is 9.53 Å². The van der Waals surface area contributed by atoms with Crippen LogP contribution in [-0.2, 0) is 0 Å². The molecule has 0 fully saturated rings. The highest BCUT2D eigenvalue weighted by molar-refractivity contribution is 7.22. The second kappa shape index (κ2) is 5.35. The van der Waals surface area contributed by atoms with E-state index >= 15 is 0 Å². The number of ether oxygens (including phenoxy) is 1. The van der Waals surface area contributed by atoms with Crippen LogP contribution in [0.15, 0.2) is 23.7 Å². The lowest BCUT2D eigenvalue weighted by atomic mass is 10.4. The number of halogens is 1. The van der Waals surface area contributed by atoms with Gasteiger partial charge in [-0.2, -0.15) is 0 Å². The van der Waals surface area contributed by atoms with Gasteiger partial charge in [0.1, 0.15) is 16.1 Å². The van der Waals surface area contributed by atoms with Crippen molar-refractivity contribution in [1.82, 2.24) is 9.97 Å². The molecule has 8 heteroatoms. The van der Waals surface area contributed by atoms with Gasteiger partial charge in [-0.3, -0.25) is 10.1 Å². The third kappa shape index (κ3) is 2.60. The van der Waals surface area contributed by atoms with Gasteiger partial charge in [-0.15, -0.1) is 11.3 Å². The molecule has 0 radical (unpaired) electrons. The van der Waals surface area contributed by atoms with Crippen LogP contribution in [0.2, 0.25) is 5.02 Å². The number of nitrogens with one attached hydrogen (secondary N) is 1. The fraction of sp³-hybridized carbons (Fsp3) is 0.0833. The monoisotopic (exact) mass is 325 g/mol. The van der Waals surface area contributed by atoms with Crippen molar-refractivity contribution >= 4 is 55.7 Å². The van der Waals surface area contributed by atoms with Crippen LogP contribution in [0.1, 0.15) is 9.67 Å². The fourth-order valence-corrected chi connectivity index (χ4v) is 3.31. The van der Waals surface area contributed by atoms with Crippen molar-refractivity contribution in [1.29, 1.82) is 0 Å². The zero-order valence-electron chi connectivity index (χ0n) is 10.2. The minimum atomic E-state index is -0.229. The fourth-order valence-electron chi connectivity index (χ4n) is 1.56. The predicted molar refractivity (Wildman–Crippen MR) is 81.2 cm³/mol. The van der Waals surface area contributed by atoms with Gasteiger partial charge in [-0.1, -0.05) is 22.9 Å². The summed E-state index contributed by atoms with van der Waals surface area (Å²) in [4.78, 5) is 21.8. The van der Waals surface area contributed by atoms with Crippen molar-refractivity contribution in [3.8, 4) is 5.75 Å². The van der Waals surface area contributed by atoms with E-state index in [-0.39, 0.29) is 5.91 Å². The predicted octanol–water partition coefficient (Wildman–Crippen LogP) is 3.67. The molecular formula is C12H8ClN3O2S2. The Morgan fingerprint density at radius 1 is 1.45 bits per heavy atom. The summed E-state index contributed by atoms with van der Waals surface area (Å²) in [6.07, 6.45) is 1.62. The quantitative estimate of drug-likeness (QED) is 0.798. The number of thiazole rings is 1. The van der Waals surface area contributed by atoms with Crippen LogP contribution >= 0.6 is 34.3 Å². The molecule has 0 saturated heterocycles. The molecule has 1 amide bonds. The third-order valence-electron chi connectivity index (χ3n) is 2.47. The molecule has 1 N–H and O–H groups in total. The first-order chi connectivity index (χ1) is 9.65. The normalized spacial score (nSPS) is 10.7. The lowest BCUT2D eigenvalue weighted by Gasteiger charge is -1.96. The van der Waals surface area contributed by atoms with E-state index in [0.717, 1.165) is 4.83 Å². The molecule has 20 heavy (non-hydrogen) atoms. The van der Waals surface area contributed by atoms with Crippen LogP contribution in [0.25, 0.3) is 10.3 Å². The Balaban J connectivity index is 1.85. The van der Waals surface area contributed by atoms with Gasteiger partial charge in [0, 0.05) is 11.4 Å². The lowest BCUT2D eigenvalue weighted by molar-refractivity contribution is 0.103. The summed E-state index contributed by atoms with van der Waals surface area (Å²) in [5.41, 5.74) is 0.689. The summed E-state index contributed by atoms with van der Waals surface area (Å²) in [7, 11) is 1.57. The maximum absolute atomic E-state index is 12.0. The summed E-state index contributed by atoms with van der Waals surface area (Å²) in [5.74, 6) is 0.402. The number of methoxy groups -OCH3 is 1. The zero-order valence-corrected chi connectivity index (χ0v) is 12.6. The molecule has 0 aliphatic heterocycles. The van der Waals surface area contributed by atoms with Crippen LogP contribution in [0.5, 0.6) is 5.75 Å². The number of nitrogens with zero attached hydrogens (tertiary/aromatic N) is 2. The average Bonchev–Trinajstić information content (AvgIpc) is 3.03. The molecule has 0 bridgehead atoms. The highest BCUT2D eigenvalue weighted by atomic mass is 35.5. The second-order valence-corrected chi connectivity index (χ2v) is 6.13. The Morgan fingerprint density at radius 3 is 3.00 bits per heavy atom. The van der Waals surface area contributed by atoms with E-state index in [0.29, 0.717) is 26.3 Å². The summed E-state index contributed by atoms with van der Waals surface area (Å²) < 4.78 is 5.09. The smallest absolute Gasteiger partial charge is 0.267 e. The first-order valence-electron chi connectivity index (χ1n) is 5.51. The summed E-state index contributed by atoms with van der Waals surface area (Å²) in [5, 5.41) is 5.49. The highest BCUT2D eigenvalue weighted by Crippen LogP contribution is 2.27. The molecule has 3 heterocycles. The van der Waals surface area contributed by atoms with E-state index < -0.39 is 0 Å². The number of hydrogen-bond donors (Lipinski definition) is 1. The number of carbonyl (C=O) groups is 1. The van der Waals surface area contributed by atoms with Crippen molar-refractivity contribution in [3.05, 3.63) is 33.6 Å². The van der Waals surface area contributed by atoms with E-state index in [1.165, 1.54) is 22.7 Å². The number of hydrogen-bond acceptors (Lipinski definition) is 6. The van der Waals surface area contributed by atoms with Crippen molar-refractivity contribution in [2.45, 2.75) is 0 Å². The van der Waals surface area contributed by atoms with Gasteiger partial charge >= 0.3 is 0 Å². The number of aromatic nitrogens is 2. The van der Waals surface area contributed by atoms with Crippen molar-refractivity contribution in [2.24, 2.45) is 0 Å². The molecule has 0 aliphatic carbocycles. The van der Waals surface area contributed by atoms with E-state index in [2.05, 4.69) is 15.3 Å². The number of thiophene rings is 1. The number of carbonyl (C=O) groups excluding carboxylic acids is 1. The van der Waals surface area contributed by atoms with E-state index in [1.54, 1.807) is 30.8 Å². The van der Waals surface area contributed by atoms with Gasteiger partial charge in [0.25, 0.3) is 5.91 Å². The third-order valence-corrected chi connectivity index (χ3v) is 4.64. The first-order valence-corrected chi connectivity index (χ1v) is 7.59. The highest BCUT2D eigenvalue weighted by Gasteiger charge is 2.12. The number of anilines is 1. The molecule has 0 aliphatic rings. The number of fused-ring (bicyclic) bond motifs is 1. The zero-order chi connectivity index (χ0) is 14.1. The van der Waals surface area contributed by atoms with E-state index in [1.807, 2.05) is 0 Å². The second-order valence-electron chi connectivity index (χ2n) is 3.80. The molecule has 0 saturated carbocycles. The largest absolute Gasteiger partial charge is 0.495 e. The van der Waals surface area contributed by atoms with Crippen LogP contribution in [-0.4, -0.2) is 23.0 Å². The SMILES string of the molecule is COc1cnc2sc(NC(=O)c3cc(Cl)cs3)nc2c1. The topological polar surface area (TPSA) is 64.1 Å². The maximum Gasteiger partial charge on any atom is 0.267 e. The van der Waals surface area contributed by atoms with Gasteiger partial charge < -0.3 is 4.74 Å². The Labute approximate surface area is 127 Å². The molecule has 3 aromatic rings. The molecule has 0 atom stereocenters. The van der Waals surface area contributed by atoms with Crippen LogP contribution in [0, 0.1) is 0 Å². The minimum Gasteiger partial charge on any atom is -0.495 e. The molecule has 3 rings (SSSR count). The number of pyridine rings is 1. The Bertz CT molecular complexity index is 784. The van der Waals surface area contributed by atoms with Gasteiger partial charge in [0.05, 0.1) is 23.2 Å². The minimum absolute atomic E-state index is 0.229. The average molecular weight is 326 g/mol. The molecule has 3 aromatic heterocycles. The summed E-state index contributed by atoms with van der Waals surface area (Å²) >= 11 is 8.39. The number of amides is 1. The molecular weight excluding hydrogens is 318 g/mol. The summed E-state index contributed by atoms with van der Waals surface area (Å²) in [6, 6.07) is 3.40.